The molecule has 3 atom stereocenters. The summed E-state index contributed by atoms with van der Waals surface area (Å²) in [4.78, 5) is 4.44. The second-order valence-corrected chi connectivity index (χ2v) is 13.5. The molecule has 8 heteroatoms. The Morgan fingerprint density at radius 2 is 1.29 bits per heavy atom. The standard InChI is InChI=1S/C22H25NP.C14H16N.C6H14.CH4O.2ClH.Pd.Pt/c1-6-16-24(20-12-8-7-9-13-20)17-18(2)21-14-10-11-15-22(21)19(3)23(4)5;1-11(15(2)3)13-10-6-8-12-7-4-5-9-14(12)13;1-3-5-6-4-2;1-2;;;;/h7-15,19H,1-5H3;4-9,11H,1-3H3;3-6H2,1-2H3;2H,1H3;2*1H;;/q2*-1;;;;;2*+2/p-2/t19-,24?;11-;;;;;;/m11....../s1. The molecule has 0 aliphatic rings. The molecule has 51 heavy (non-hydrogen) atoms. The van der Waals surface area contributed by atoms with Crippen molar-refractivity contribution in [1.29, 1.82) is 0 Å². The van der Waals surface area contributed by atoms with Crippen LogP contribution in [0.1, 0.15) is 96.0 Å². The van der Waals surface area contributed by atoms with E-state index < -0.39 is 7.92 Å². The Hall–Kier alpha value is -1.32. The summed E-state index contributed by atoms with van der Waals surface area (Å²) in [6.07, 6.45) is 5.54. The molecule has 0 fully saturated rings. The molecule has 4 aromatic carbocycles. The molecular weight excluding hydrogens is 964 g/mol. The second-order valence-electron chi connectivity index (χ2n) is 11.8. The summed E-state index contributed by atoms with van der Waals surface area (Å²) in [5, 5.41) is 10.8. The molecule has 0 radical (unpaired) electrons. The number of allylic oxidation sites excluding steroid dienone is 1. The fraction of sp³-hybridized carbons (Fsp3) is 0.395. The minimum absolute atomic E-state index is 0. The van der Waals surface area contributed by atoms with Crippen LogP contribution in [0.4, 0.5) is 0 Å². The van der Waals surface area contributed by atoms with E-state index in [1.54, 1.807) is 0 Å². The van der Waals surface area contributed by atoms with E-state index in [1.165, 1.54) is 64.0 Å². The third-order valence-corrected chi connectivity index (χ3v) is 9.83. The summed E-state index contributed by atoms with van der Waals surface area (Å²) in [6, 6.07) is 35.8. The molecule has 0 saturated carbocycles. The number of rotatable bonds is 10. The van der Waals surface area contributed by atoms with Gasteiger partial charge in [0.25, 0.3) is 0 Å². The van der Waals surface area contributed by atoms with Crippen LogP contribution in [-0.4, -0.2) is 50.2 Å². The number of hydrogen-bond acceptors (Lipinski definition) is 3. The Kier molecular flexibility index (Phi) is 36.8. The number of aliphatic hydroxyl groups excluding tert-OH is 1. The fourth-order valence-electron chi connectivity index (χ4n) is 4.85. The van der Waals surface area contributed by atoms with Gasteiger partial charge < -0.3 is 39.7 Å². The van der Waals surface area contributed by atoms with Crippen LogP contribution in [-0.2, 0) is 41.5 Å². The van der Waals surface area contributed by atoms with Crippen LogP contribution in [0.3, 0.4) is 0 Å². The number of hydrogen-bond donors (Lipinski definition) is 1. The molecule has 1 unspecified atom stereocenters. The summed E-state index contributed by atoms with van der Waals surface area (Å²) in [5.74, 6) is 6.75. The summed E-state index contributed by atoms with van der Waals surface area (Å²) < 4.78 is 0. The maximum absolute atomic E-state index is 7.00. The maximum Gasteiger partial charge on any atom is 2.00 e. The van der Waals surface area contributed by atoms with Gasteiger partial charge in [-0.3, -0.25) is 0 Å². The van der Waals surface area contributed by atoms with Crippen molar-refractivity contribution >= 4 is 29.6 Å². The zero-order chi connectivity index (χ0) is 35.2. The zero-order valence-electron chi connectivity index (χ0n) is 32.3. The number of unbranched alkanes of at least 4 members (excludes halogenated alkanes) is 3. The summed E-state index contributed by atoms with van der Waals surface area (Å²) >= 11 is 0. The molecule has 0 aromatic heterocycles. The predicted molar refractivity (Wildman–Crippen MR) is 210 cm³/mol. The predicted octanol–water partition coefficient (Wildman–Crippen LogP) is 4.72. The van der Waals surface area contributed by atoms with E-state index in [0.29, 0.717) is 12.1 Å². The molecule has 0 amide bonds. The van der Waals surface area contributed by atoms with Crippen LogP contribution < -0.4 is 30.1 Å². The largest absolute Gasteiger partial charge is 2.00 e. The number of halogens is 2. The van der Waals surface area contributed by atoms with Gasteiger partial charge in [-0.2, -0.15) is 23.8 Å². The SMILES string of the molecule is CC#CP([C-]=C(C)c1ccccc1[C@@H](C)N(C)C)c1ccccc1.CCCCCC.CO.C[C@H](c1[c-]ccc2ccccc12)N(C)C.[Cl-].[Cl-].[Pd+2].[Pt+2]. The van der Waals surface area contributed by atoms with Gasteiger partial charge in [0.15, 0.2) is 0 Å². The molecule has 286 valence electrons. The fourth-order valence-corrected chi connectivity index (χ4v) is 6.31. The van der Waals surface area contributed by atoms with E-state index in [1.807, 2.05) is 19.1 Å². The van der Waals surface area contributed by atoms with Gasteiger partial charge in [-0.1, -0.05) is 127 Å². The van der Waals surface area contributed by atoms with Crippen LogP contribution in [0, 0.1) is 23.5 Å². The Balaban J connectivity index is -0.000000353. The molecule has 0 saturated heterocycles. The molecule has 0 aliphatic carbocycles. The minimum Gasteiger partial charge on any atom is -1.00 e. The van der Waals surface area contributed by atoms with E-state index in [4.69, 9.17) is 5.11 Å². The molecule has 0 heterocycles. The van der Waals surface area contributed by atoms with Gasteiger partial charge in [0.2, 0.25) is 0 Å². The molecule has 3 nitrogen and oxygen atoms in total. The Morgan fingerprint density at radius 1 is 0.784 bits per heavy atom. The average Bonchev–Trinajstić information content (AvgIpc) is 3.11. The van der Waals surface area contributed by atoms with Gasteiger partial charge in [-0.05, 0) is 54.3 Å². The van der Waals surface area contributed by atoms with Crippen molar-refractivity contribution in [2.24, 2.45) is 0 Å². The summed E-state index contributed by atoms with van der Waals surface area (Å²) in [7, 11) is 8.70. The van der Waals surface area contributed by atoms with Gasteiger partial charge >= 0.3 is 41.5 Å². The monoisotopic (exact) mass is 1020 g/mol. The van der Waals surface area contributed by atoms with Crippen LogP contribution in [0.15, 0.2) is 91.0 Å². The van der Waals surface area contributed by atoms with E-state index in [0.717, 1.165) is 7.11 Å². The topological polar surface area (TPSA) is 26.7 Å². The van der Waals surface area contributed by atoms with Gasteiger partial charge in [0.1, 0.15) is 0 Å². The van der Waals surface area contributed by atoms with E-state index in [9.17, 15) is 0 Å². The van der Waals surface area contributed by atoms with Crippen molar-refractivity contribution < 1.29 is 71.4 Å². The first-order chi connectivity index (χ1) is 22.7. The van der Waals surface area contributed by atoms with Gasteiger partial charge in [-0.15, -0.1) is 40.0 Å². The number of fused-ring (bicyclic) bond motifs is 1. The average molecular weight is 1020 g/mol. The summed E-state index contributed by atoms with van der Waals surface area (Å²) in [6.45, 7) is 13.0. The third kappa shape index (κ3) is 20.1. The van der Waals surface area contributed by atoms with Crippen molar-refractivity contribution in [1.82, 2.24) is 9.80 Å². The van der Waals surface area contributed by atoms with Crippen LogP contribution in [0.5, 0.6) is 0 Å². The van der Waals surface area contributed by atoms with E-state index >= 15 is 0 Å². The van der Waals surface area contributed by atoms with Crippen molar-refractivity contribution in [3.8, 4) is 11.6 Å². The molecule has 4 aromatic rings. The van der Waals surface area contributed by atoms with Crippen LogP contribution in [0.2, 0.25) is 0 Å². The van der Waals surface area contributed by atoms with Gasteiger partial charge in [0, 0.05) is 19.2 Å². The van der Waals surface area contributed by atoms with E-state index in [-0.39, 0.29) is 66.3 Å². The first kappa shape index (κ1) is 56.4. The van der Waals surface area contributed by atoms with Crippen LogP contribution >= 0.6 is 7.92 Å². The first-order valence-corrected chi connectivity index (χ1v) is 18.1. The summed E-state index contributed by atoms with van der Waals surface area (Å²) in [5.41, 5.74) is 8.39. The third-order valence-electron chi connectivity index (χ3n) is 8.01. The quantitative estimate of drug-likeness (QED) is 0.0821. The normalized spacial score (nSPS) is 11.7. The molecule has 4 rings (SSSR count). The Bertz CT molecular complexity index is 1520. The van der Waals surface area contributed by atoms with Crippen molar-refractivity contribution in [3.63, 3.8) is 0 Å². The molecule has 1 N–H and O–H groups in total. The Labute approximate surface area is 354 Å². The number of benzene rings is 4. The maximum atomic E-state index is 7.00. The van der Waals surface area contributed by atoms with Crippen molar-refractivity contribution in [2.45, 2.75) is 79.3 Å². The smallest absolute Gasteiger partial charge is 1.00 e. The van der Waals surface area contributed by atoms with E-state index in [2.05, 4.69) is 175 Å². The zero-order valence-corrected chi connectivity index (χ0v) is 38.6. The molecule has 0 aliphatic heterocycles. The minimum atomic E-state index is -0.728. The van der Waals surface area contributed by atoms with Crippen LogP contribution in [0.25, 0.3) is 16.3 Å². The number of aliphatic hydroxyl groups is 1. The van der Waals surface area contributed by atoms with Gasteiger partial charge in [-0.25, -0.2) is 11.4 Å². The molecule has 0 bridgehead atoms. The molecular formula is C43H59Cl2N2OPPdPt. The first-order valence-electron chi connectivity index (χ1n) is 16.8. The second kappa shape index (κ2) is 33.3. The van der Waals surface area contributed by atoms with Crippen molar-refractivity contribution in [2.75, 3.05) is 35.3 Å². The van der Waals surface area contributed by atoms with Crippen molar-refractivity contribution in [3.05, 3.63) is 120 Å². The Morgan fingerprint density at radius 3 is 1.82 bits per heavy atom. The molecule has 0 spiro atoms. The number of nitrogens with zero attached hydrogens (tertiary/aromatic N) is 2. The van der Waals surface area contributed by atoms with Gasteiger partial charge in [0.05, 0.1) is 0 Å².